The lowest BCUT2D eigenvalue weighted by molar-refractivity contribution is -0.385. The minimum atomic E-state index is -1.17. The lowest BCUT2D eigenvalue weighted by Gasteiger charge is -2.26. The number of ether oxygens (including phenoxy) is 1. The third-order valence-electron chi connectivity index (χ3n) is 3.59. The summed E-state index contributed by atoms with van der Waals surface area (Å²) in [5.74, 6) is -1.17. The van der Waals surface area contributed by atoms with Crippen molar-refractivity contribution in [2.75, 3.05) is 24.6 Å². The van der Waals surface area contributed by atoms with Crippen LogP contribution in [0.2, 0.25) is 0 Å². The third kappa shape index (κ3) is 3.30. The molecule has 7 nitrogen and oxygen atoms in total. The average molecular weight is 294 g/mol. The topological polar surface area (TPSA) is 92.9 Å². The van der Waals surface area contributed by atoms with Gasteiger partial charge in [-0.3, -0.25) is 10.1 Å². The van der Waals surface area contributed by atoms with E-state index in [-0.39, 0.29) is 17.4 Å². The molecular formula is C14H18N2O5. The van der Waals surface area contributed by atoms with E-state index in [0.29, 0.717) is 30.9 Å². The number of rotatable bonds is 3. The number of anilines is 1. The molecule has 1 aromatic rings. The van der Waals surface area contributed by atoms with Gasteiger partial charge in [-0.25, -0.2) is 4.79 Å². The smallest absolute Gasteiger partial charge is 0.336 e. The van der Waals surface area contributed by atoms with Gasteiger partial charge in [0.1, 0.15) is 0 Å². The van der Waals surface area contributed by atoms with Gasteiger partial charge < -0.3 is 14.7 Å². The fourth-order valence-electron chi connectivity index (χ4n) is 2.54. The molecule has 1 saturated heterocycles. The Morgan fingerprint density at radius 1 is 1.52 bits per heavy atom. The van der Waals surface area contributed by atoms with E-state index in [2.05, 4.69) is 0 Å². The molecule has 0 aromatic heterocycles. The summed E-state index contributed by atoms with van der Waals surface area (Å²) >= 11 is 0. The van der Waals surface area contributed by atoms with E-state index in [1.807, 2.05) is 11.8 Å². The second-order valence-corrected chi connectivity index (χ2v) is 5.18. The molecule has 1 heterocycles. The Morgan fingerprint density at radius 2 is 2.24 bits per heavy atom. The molecule has 1 atom stereocenters. The van der Waals surface area contributed by atoms with E-state index in [9.17, 15) is 14.9 Å². The van der Waals surface area contributed by atoms with Crippen molar-refractivity contribution in [1.29, 1.82) is 0 Å². The Morgan fingerprint density at radius 3 is 2.86 bits per heavy atom. The third-order valence-corrected chi connectivity index (χ3v) is 3.59. The molecule has 1 aromatic carbocycles. The van der Waals surface area contributed by atoms with Gasteiger partial charge in [-0.15, -0.1) is 0 Å². The van der Waals surface area contributed by atoms with Crippen molar-refractivity contribution < 1.29 is 19.6 Å². The van der Waals surface area contributed by atoms with Crippen molar-refractivity contribution in [3.63, 3.8) is 0 Å². The average Bonchev–Trinajstić information content (AvgIpc) is 2.63. The number of hydrogen-bond donors (Lipinski definition) is 1. The van der Waals surface area contributed by atoms with Gasteiger partial charge in [0.15, 0.2) is 0 Å². The van der Waals surface area contributed by atoms with Crippen LogP contribution in [0.1, 0.15) is 29.3 Å². The molecule has 0 bridgehead atoms. The Bertz CT molecular complexity index is 573. The zero-order chi connectivity index (χ0) is 15.6. The first kappa shape index (κ1) is 15.2. The fourth-order valence-corrected chi connectivity index (χ4v) is 2.54. The number of carboxylic acid groups (broad SMARTS) is 1. The van der Waals surface area contributed by atoms with Crippen molar-refractivity contribution in [2.24, 2.45) is 0 Å². The summed E-state index contributed by atoms with van der Waals surface area (Å²) in [6, 6.07) is 2.61. The van der Waals surface area contributed by atoms with Crippen LogP contribution < -0.4 is 4.90 Å². The van der Waals surface area contributed by atoms with Crippen molar-refractivity contribution in [3.8, 4) is 0 Å². The lowest BCUT2D eigenvalue weighted by atomic mass is 10.1. The molecular weight excluding hydrogens is 276 g/mol. The Balaban J connectivity index is 2.50. The summed E-state index contributed by atoms with van der Waals surface area (Å²) in [4.78, 5) is 23.7. The summed E-state index contributed by atoms with van der Waals surface area (Å²) < 4.78 is 5.56. The minimum Gasteiger partial charge on any atom is -0.478 e. The van der Waals surface area contributed by atoms with Crippen molar-refractivity contribution in [2.45, 2.75) is 26.4 Å². The zero-order valence-corrected chi connectivity index (χ0v) is 12.0. The predicted molar refractivity (Wildman–Crippen MR) is 77.0 cm³/mol. The van der Waals surface area contributed by atoms with Crippen LogP contribution in [0.3, 0.4) is 0 Å². The first-order chi connectivity index (χ1) is 9.90. The van der Waals surface area contributed by atoms with E-state index in [1.165, 1.54) is 6.07 Å². The van der Waals surface area contributed by atoms with Gasteiger partial charge in [0.05, 0.1) is 22.2 Å². The highest BCUT2D eigenvalue weighted by atomic mass is 16.6. The number of carboxylic acids is 1. The van der Waals surface area contributed by atoms with Crippen LogP contribution in [0.15, 0.2) is 12.1 Å². The van der Waals surface area contributed by atoms with Crippen molar-refractivity contribution in [3.05, 3.63) is 33.4 Å². The number of carbonyl (C=O) groups is 1. The molecule has 1 aliphatic heterocycles. The summed E-state index contributed by atoms with van der Waals surface area (Å²) in [5, 5.41) is 20.3. The monoisotopic (exact) mass is 294 g/mol. The highest BCUT2D eigenvalue weighted by molar-refractivity contribution is 5.90. The largest absolute Gasteiger partial charge is 0.478 e. The maximum absolute atomic E-state index is 11.2. The van der Waals surface area contributed by atoms with Crippen LogP contribution in [0.4, 0.5) is 11.4 Å². The van der Waals surface area contributed by atoms with Crippen molar-refractivity contribution >= 4 is 17.3 Å². The number of nitro benzene ring substituents is 1. The van der Waals surface area contributed by atoms with Crippen molar-refractivity contribution in [1.82, 2.24) is 0 Å². The molecule has 0 aliphatic carbocycles. The fraction of sp³-hybridized carbons (Fsp3) is 0.500. The summed E-state index contributed by atoms with van der Waals surface area (Å²) in [6.07, 6.45) is 0.800. The quantitative estimate of drug-likeness (QED) is 0.678. The standard InChI is InChI=1S/C14H18N2O5/c1-9-8-15(4-3-5-21-9)12-6-11(14(17)18)7-13(10(12)2)16(19)20/h6-7,9H,3-5,8H2,1-2H3,(H,17,18). The van der Waals surface area contributed by atoms with Crippen LogP contribution in [0.25, 0.3) is 0 Å². The zero-order valence-electron chi connectivity index (χ0n) is 12.0. The van der Waals surface area contributed by atoms with E-state index >= 15 is 0 Å². The number of nitro groups is 1. The summed E-state index contributed by atoms with van der Waals surface area (Å²) in [7, 11) is 0. The molecule has 1 aliphatic rings. The Hall–Kier alpha value is -2.15. The van der Waals surface area contributed by atoms with Crippen LogP contribution in [0, 0.1) is 17.0 Å². The maximum Gasteiger partial charge on any atom is 0.336 e. The van der Waals surface area contributed by atoms with Gasteiger partial charge in [0.25, 0.3) is 5.69 Å². The predicted octanol–water partition coefficient (Wildman–Crippen LogP) is 2.22. The van der Waals surface area contributed by atoms with Gasteiger partial charge in [0.2, 0.25) is 0 Å². The first-order valence-electron chi connectivity index (χ1n) is 6.79. The van der Waals surface area contributed by atoms with E-state index in [1.54, 1.807) is 6.92 Å². The summed E-state index contributed by atoms with van der Waals surface area (Å²) in [5.41, 5.74) is 0.848. The SMILES string of the molecule is Cc1c(N2CCCOC(C)C2)cc(C(=O)O)cc1[N+](=O)[O-]. The molecule has 21 heavy (non-hydrogen) atoms. The van der Waals surface area contributed by atoms with E-state index in [0.717, 1.165) is 12.5 Å². The number of nitrogens with zero attached hydrogens (tertiary/aromatic N) is 2. The minimum absolute atomic E-state index is 0.000518. The van der Waals surface area contributed by atoms with Crippen LogP contribution >= 0.6 is 0 Å². The Kier molecular flexibility index (Phi) is 4.42. The van der Waals surface area contributed by atoms with Gasteiger partial charge in [-0.05, 0) is 26.3 Å². The van der Waals surface area contributed by atoms with E-state index in [4.69, 9.17) is 9.84 Å². The van der Waals surface area contributed by atoms with Gasteiger partial charge in [-0.1, -0.05) is 0 Å². The normalized spacial score (nSPS) is 19.1. The van der Waals surface area contributed by atoms with Crippen LogP contribution in [-0.4, -0.2) is 41.8 Å². The molecule has 114 valence electrons. The van der Waals surface area contributed by atoms with Crippen LogP contribution in [-0.2, 0) is 4.74 Å². The highest BCUT2D eigenvalue weighted by Gasteiger charge is 2.24. The van der Waals surface area contributed by atoms with Gasteiger partial charge in [-0.2, -0.15) is 0 Å². The van der Waals surface area contributed by atoms with Crippen LogP contribution in [0.5, 0.6) is 0 Å². The number of benzene rings is 1. The maximum atomic E-state index is 11.2. The second kappa shape index (κ2) is 6.09. The molecule has 1 N–H and O–H groups in total. The molecule has 7 heteroatoms. The first-order valence-corrected chi connectivity index (χ1v) is 6.79. The summed E-state index contributed by atoms with van der Waals surface area (Å²) in [6.45, 7) is 5.49. The molecule has 0 radical (unpaired) electrons. The second-order valence-electron chi connectivity index (χ2n) is 5.18. The molecule has 2 rings (SSSR count). The highest BCUT2D eigenvalue weighted by Crippen LogP contribution is 2.31. The molecule has 0 amide bonds. The number of aromatic carboxylic acids is 1. The van der Waals surface area contributed by atoms with Gasteiger partial charge >= 0.3 is 5.97 Å². The van der Waals surface area contributed by atoms with E-state index < -0.39 is 10.9 Å². The number of hydrogen-bond acceptors (Lipinski definition) is 5. The molecule has 1 unspecified atom stereocenters. The van der Waals surface area contributed by atoms with Gasteiger partial charge in [0, 0.05) is 31.5 Å². The molecule has 0 saturated carbocycles. The lowest BCUT2D eigenvalue weighted by Crippen LogP contribution is -2.31. The molecule has 1 fully saturated rings. The Labute approximate surface area is 122 Å². The molecule has 0 spiro atoms.